The lowest BCUT2D eigenvalue weighted by atomic mass is 10.1. The second-order valence-electron chi connectivity index (χ2n) is 4.94. The maximum Gasteiger partial charge on any atom is 0.238 e. The SMILES string of the molecule is Cc1ccccc1NC(=O)CN1CCC(CO)C1. The molecule has 2 rings (SSSR count). The van der Waals surface area contributed by atoms with Gasteiger partial charge in [0.2, 0.25) is 5.91 Å². The quantitative estimate of drug-likeness (QED) is 0.843. The van der Waals surface area contributed by atoms with E-state index in [4.69, 9.17) is 5.11 Å². The zero-order chi connectivity index (χ0) is 13.0. The van der Waals surface area contributed by atoms with Crippen LogP contribution in [0.2, 0.25) is 0 Å². The topological polar surface area (TPSA) is 52.6 Å². The number of hydrogen-bond donors (Lipinski definition) is 2. The summed E-state index contributed by atoms with van der Waals surface area (Å²) in [5.74, 6) is 0.346. The van der Waals surface area contributed by atoms with Crippen LogP contribution in [0.4, 0.5) is 5.69 Å². The highest BCUT2D eigenvalue weighted by atomic mass is 16.3. The van der Waals surface area contributed by atoms with Gasteiger partial charge in [0.1, 0.15) is 0 Å². The third-order valence-electron chi connectivity index (χ3n) is 3.41. The molecule has 98 valence electrons. The molecule has 1 saturated heterocycles. The second kappa shape index (κ2) is 5.98. The number of benzene rings is 1. The Morgan fingerprint density at radius 1 is 1.50 bits per heavy atom. The molecule has 1 amide bonds. The number of anilines is 1. The molecule has 2 N–H and O–H groups in total. The van der Waals surface area contributed by atoms with Crippen molar-refractivity contribution in [3.63, 3.8) is 0 Å². The Morgan fingerprint density at radius 2 is 2.28 bits per heavy atom. The summed E-state index contributed by atoms with van der Waals surface area (Å²) in [7, 11) is 0. The third kappa shape index (κ3) is 3.31. The molecule has 1 fully saturated rings. The summed E-state index contributed by atoms with van der Waals surface area (Å²) < 4.78 is 0. The van der Waals surface area contributed by atoms with Gasteiger partial charge in [0, 0.05) is 18.8 Å². The molecule has 1 aliphatic heterocycles. The molecule has 18 heavy (non-hydrogen) atoms. The van der Waals surface area contributed by atoms with Gasteiger partial charge in [0.05, 0.1) is 6.54 Å². The number of hydrogen-bond acceptors (Lipinski definition) is 3. The van der Waals surface area contributed by atoms with Gasteiger partial charge in [0.25, 0.3) is 0 Å². The van der Waals surface area contributed by atoms with Crippen LogP contribution in [0.1, 0.15) is 12.0 Å². The summed E-state index contributed by atoms with van der Waals surface area (Å²) in [6.45, 7) is 4.32. The third-order valence-corrected chi connectivity index (χ3v) is 3.41. The number of carbonyl (C=O) groups is 1. The minimum atomic E-state index is 0.0166. The number of aryl methyl sites for hydroxylation is 1. The number of aliphatic hydroxyl groups excluding tert-OH is 1. The van der Waals surface area contributed by atoms with Crippen LogP contribution in [0, 0.1) is 12.8 Å². The van der Waals surface area contributed by atoms with Crippen molar-refractivity contribution in [3.8, 4) is 0 Å². The summed E-state index contributed by atoms with van der Waals surface area (Å²) in [6.07, 6.45) is 0.980. The van der Waals surface area contributed by atoms with Crippen molar-refractivity contribution >= 4 is 11.6 Å². The van der Waals surface area contributed by atoms with Crippen molar-refractivity contribution in [1.29, 1.82) is 0 Å². The van der Waals surface area contributed by atoms with Crippen molar-refractivity contribution < 1.29 is 9.90 Å². The van der Waals surface area contributed by atoms with Crippen LogP contribution in [0.5, 0.6) is 0 Å². The van der Waals surface area contributed by atoms with E-state index >= 15 is 0 Å². The van der Waals surface area contributed by atoms with E-state index < -0.39 is 0 Å². The molecule has 1 unspecified atom stereocenters. The number of nitrogens with zero attached hydrogens (tertiary/aromatic N) is 1. The highest BCUT2D eigenvalue weighted by Gasteiger charge is 2.23. The monoisotopic (exact) mass is 248 g/mol. The van der Waals surface area contributed by atoms with Crippen molar-refractivity contribution in [2.75, 3.05) is 31.6 Å². The van der Waals surface area contributed by atoms with Gasteiger partial charge in [-0.05, 0) is 37.4 Å². The molecule has 1 aromatic carbocycles. The maximum atomic E-state index is 11.9. The highest BCUT2D eigenvalue weighted by molar-refractivity contribution is 5.92. The van der Waals surface area contributed by atoms with Gasteiger partial charge in [-0.3, -0.25) is 9.69 Å². The summed E-state index contributed by atoms with van der Waals surface area (Å²) >= 11 is 0. The fourth-order valence-corrected chi connectivity index (χ4v) is 2.31. The van der Waals surface area contributed by atoms with Crippen LogP contribution in [0.25, 0.3) is 0 Å². The van der Waals surface area contributed by atoms with Crippen LogP contribution in [0.3, 0.4) is 0 Å². The van der Waals surface area contributed by atoms with E-state index in [1.165, 1.54) is 0 Å². The fourth-order valence-electron chi connectivity index (χ4n) is 2.31. The minimum Gasteiger partial charge on any atom is -0.396 e. The molecule has 0 aliphatic carbocycles. The average molecular weight is 248 g/mol. The van der Waals surface area contributed by atoms with E-state index in [0.717, 1.165) is 30.8 Å². The van der Waals surface area contributed by atoms with Crippen LogP contribution in [0.15, 0.2) is 24.3 Å². The van der Waals surface area contributed by atoms with Crippen molar-refractivity contribution in [2.45, 2.75) is 13.3 Å². The van der Waals surface area contributed by atoms with E-state index in [1.807, 2.05) is 31.2 Å². The molecule has 4 heteroatoms. The molecule has 1 aromatic rings. The predicted molar refractivity (Wildman–Crippen MR) is 71.4 cm³/mol. The zero-order valence-corrected chi connectivity index (χ0v) is 10.7. The molecule has 4 nitrogen and oxygen atoms in total. The molecule has 0 aromatic heterocycles. The van der Waals surface area contributed by atoms with Gasteiger partial charge in [-0.15, -0.1) is 0 Å². The summed E-state index contributed by atoms with van der Waals surface area (Å²) in [4.78, 5) is 14.0. The van der Waals surface area contributed by atoms with E-state index in [1.54, 1.807) is 0 Å². The maximum absolute atomic E-state index is 11.9. The first kappa shape index (κ1) is 13.1. The van der Waals surface area contributed by atoms with Crippen LogP contribution in [-0.2, 0) is 4.79 Å². The molecule has 1 aliphatic rings. The lowest BCUT2D eigenvalue weighted by molar-refractivity contribution is -0.117. The Morgan fingerprint density at radius 3 is 2.94 bits per heavy atom. The molecule has 0 spiro atoms. The zero-order valence-electron chi connectivity index (χ0n) is 10.7. The van der Waals surface area contributed by atoms with Crippen LogP contribution < -0.4 is 5.32 Å². The first-order valence-corrected chi connectivity index (χ1v) is 6.37. The second-order valence-corrected chi connectivity index (χ2v) is 4.94. The first-order chi connectivity index (χ1) is 8.69. The Bertz CT molecular complexity index is 420. The van der Waals surface area contributed by atoms with Crippen molar-refractivity contribution in [2.24, 2.45) is 5.92 Å². The van der Waals surface area contributed by atoms with Crippen LogP contribution in [-0.4, -0.2) is 42.2 Å². The summed E-state index contributed by atoms with van der Waals surface area (Å²) in [5, 5.41) is 12.0. The predicted octanol–water partition coefficient (Wildman–Crippen LogP) is 1.25. The molecule has 1 atom stereocenters. The Hall–Kier alpha value is -1.39. The number of aliphatic hydroxyl groups is 1. The van der Waals surface area contributed by atoms with Gasteiger partial charge in [-0.25, -0.2) is 0 Å². The number of carbonyl (C=O) groups excluding carboxylic acids is 1. The number of nitrogens with one attached hydrogen (secondary N) is 1. The van der Waals surface area contributed by atoms with E-state index in [-0.39, 0.29) is 12.5 Å². The fraction of sp³-hybridized carbons (Fsp3) is 0.500. The number of rotatable bonds is 4. The van der Waals surface area contributed by atoms with Gasteiger partial charge in [0.15, 0.2) is 0 Å². The summed E-state index contributed by atoms with van der Waals surface area (Å²) in [6, 6.07) is 7.76. The number of para-hydroxylation sites is 1. The Labute approximate surface area is 108 Å². The van der Waals surface area contributed by atoms with Crippen LogP contribution >= 0.6 is 0 Å². The number of amides is 1. The van der Waals surface area contributed by atoms with Crippen molar-refractivity contribution in [1.82, 2.24) is 4.90 Å². The van der Waals surface area contributed by atoms with E-state index in [0.29, 0.717) is 12.5 Å². The van der Waals surface area contributed by atoms with E-state index in [9.17, 15) is 4.79 Å². The average Bonchev–Trinajstić information content (AvgIpc) is 2.80. The highest BCUT2D eigenvalue weighted by Crippen LogP contribution is 2.16. The lowest BCUT2D eigenvalue weighted by Gasteiger charge is -2.15. The standard InChI is InChI=1S/C14H20N2O2/c1-11-4-2-3-5-13(11)15-14(18)9-16-7-6-12(8-16)10-17/h2-5,12,17H,6-10H2,1H3,(H,15,18). The van der Waals surface area contributed by atoms with Gasteiger partial charge >= 0.3 is 0 Å². The van der Waals surface area contributed by atoms with Gasteiger partial charge in [-0.2, -0.15) is 0 Å². The normalized spacial score (nSPS) is 20.0. The molecular formula is C14H20N2O2. The summed E-state index contributed by atoms with van der Waals surface area (Å²) in [5.41, 5.74) is 1.95. The lowest BCUT2D eigenvalue weighted by Crippen LogP contribution is -2.32. The Kier molecular flexibility index (Phi) is 4.33. The van der Waals surface area contributed by atoms with Crippen molar-refractivity contribution in [3.05, 3.63) is 29.8 Å². The largest absolute Gasteiger partial charge is 0.396 e. The minimum absolute atomic E-state index is 0.0166. The van der Waals surface area contributed by atoms with E-state index in [2.05, 4.69) is 10.2 Å². The van der Waals surface area contributed by atoms with Gasteiger partial charge in [-0.1, -0.05) is 18.2 Å². The van der Waals surface area contributed by atoms with Gasteiger partial charge < -0.3 is 10.4 Å². The molecule has 0 radical (unpaired) electrons. The molecule has 0 bridgehead atoms. The molecule has 0 saturated carbocycles. The molecule has 1 heterocycles. The number of likely N-dealkylation sites (tertiary alicyclic amines) is 1. The Balaban J connectivity index is 1.84. The smallest absolute Gasteiger partial charge is 0.238 e. The first-order valence-electron chi connectivity index (χ1n) is 6.37. The molecular weight excluding hydrogens is 228 g/mol.